The molecule has 4 aromatic heterocycles. The van der Waals surface area contributed by atoms with Crippen molar-refractivity contribution in [1.82, 2.24) is 29.5 Å². The van der Waals surface area contributed by atoms with E-state index in [0.717, 1.165) is 28.2 Å². The summed E-state index contributed by atoms with van der Waals surface area (Å²) in [4.78, 5) is 25.7. The van der Waals surface area contributed by atoms with E-state index < -0.39 is 0 Å². The summed E-state index contributed by atoms with van der Waals surface area (Å²) in [6.07, 6.45) is 11.3. The van der Waals surface area contributed by atoms with E-state index in [1.165, 1.54) is 0 Å². The van der Waals surface area contributed by atoms with Crippen LogP contribution in [-0.2, 0) is 17.6 Å². The number of H-pyrrole nitrogens is 1. The maximum Gasteiger partial charge on any atom is 0.180 e. The highest BCUT2D eigenvalue weighted by Crippen LogP contribution is 2.24. The van der Waals surface area contributed by atoms with Gasteiger partial charge in [0.1, 0.15) is 5.78 Å². The molecule has 0 aliphatic heterocycles. The third-order valence-corrected chi connectivity index (χ3v) is 4.93. The van der Waals surface area contributed by atoms with Gasteiger partial charge in [0.25, 0.3) is 0 Å². The maximum atomic E-state index is 12.3. The van der Waals surface area contributed by atoms with Crippen molar-refractivity contribution in [3.8, 4) is 11.3 Å². The van der Waals surface area contributed by atoms with Gasteiger partial charge in [-0.25, -0.2) is 9.97 Å². The number of fused-ring (bicyclic) bond motifs is 1. The molecule has 0 aliphatic carbocycles. The standard InChI is InChI=1S/C23H19N7O/c31-20(10-16-4-2-1-3-5-16)11-18-6-7-19(14-25-18)29-22-23-24-8-9-30(23)21(15-26-22)17-12-27-28-13-17/h1-9,12-15H,10-11H2,(H,26,29)(H,27,28). The number of anilines is 2. The van der Waals surface area contributed by atoms with Gasteiger partial charge in [0.15, 0.2) is 11.5 Å². The fourth-order valence-corrected chi connectivity index (χ4v) is 3.44. The molecule has 5 aromatic rings. The van der Waals surface area contributed by atoms with Gasteiger partial charge in [0.05, 0.1) is 30.0 Å². The lowest BCUT2D eigenvalue weighted by atomic mass is 10.1. The molecule has 0 radical (unpaired) electrons. The van der Waals surface area contributed by atoms with Crippen molar-refractivity contribution < 1.29 is 4.79 Å². The summed E-state index contributed by atoms with van der Waals surface area (Å²) in [5, 5.41) is 10.1. The zero-order valence-electron chi connectivity index (χ0n) is 16.6. The molecule has 1 aromatic carbocycles. The van der Waals surface area contributed by atoms with Gasteiger partial charge in [-0.05, 0) is 17.7 Å². The molecule has 0 atom stereocenters. The topological polar surface area (TPSA) is 101 Å². The molecule has 0 amide bonds. The average molecular weight is 409 g/mol. The molecular weight excluding hydrogens is 390 g/mol. The van der Waals surface area contributed by atoms with Gasteiger partial charge in [-0.3, -0.25) is 19.3 Å². The molecule has 0 saturated heterocycles. The van der Waals surface area contributed by atoms with E-state index >= 15 is 0 Å². The van der Waals surface area contributed by atoms with Gasteiger partial charge >= 0.3 is 0 Å². The van der Waals surface area contributed by atoms with E-state index in [0.29, 0.717) is 24.3 Å². The van der Waals surface area contributed by atoms with Crippen LogP contribution >= 0.6 is 0 Å². The number of hydrogen-bond donors (Lipinski definition) is 2. The Morgan fingerprint density at radius 1 is 0.968 bits per heavy atom. The SMILES string of the molecule is O=C(Cc1ccccc1)Cc1ccc(Nc2ncc(-c3cn[nH]c3)n3ccnc23)cn1. The number of nitrogens with one attached hydrogen (secondary N) is 2. The second-order valence-electron chi connectivity index (χ2n) is 7.14. The first-order valence-electron chi connectivity index (χ1n) is 9.85. The first-order valence-corrected chi connectivity index (χ1v) is 9.85. The maximum absolute atomic E-state index is 12.3. The van der Waals surface area contributed by atoms with Gasteiger partial charge in [0, 0.05) is 42.7 Å². The van der Waals surface area contributed by atoms with Gasteiger partial charge in [-0.15, -0.1) is 0 Å². The Kier molecular flexibility index (Phi) is 4.94. The molecule has 152 valence electrons. The van der Waals surface area contributed by atoms with Crippen LogP contribution < -0.4 is 5.32 Å². The van der Waals surface area contributed by atoms with E-state index in [1.807, 2.05) is 59.3 Å². The number of imidazole rings is 1. The number of carbonyl (C=O) groups excluding carboxylic acids is 1. The summed E-state index contributed by atoms with van der Waals surface area (Å²) in [7, 11) is 0. The molecule has 5 rings (SSSR count). The lowest BCUT2D eigenvalue weighted by molar-refractivity contribution is -0.117. The van der Waals surface area contributed by atoms with Crippen LogP contribution in [0.5, 0.6) is 0 Å². The summed E-state index contributed by atoms with van der Waals surface area (Å²) in [5.74, 6) is 0.752. The van der Waals surface area contributed by atoms with Crippen LogP contribution in [0.2, 0.25) is 0 Å². The number of rotatable bonds is 7. The van der Waals surface area contributed by atoms with Gasteiger partial charge in [0.2, 0.25) is 0 Å². The third kappa shape index (κ3) is 4.04. The Morgan fingerprint density at radius 3 is 2.65 bits per heavy atom. The number of carbonyl (C=O) groups is 1. The van der Waals surface area contributed by atoms with E-state index in [-0.39, 0.29) is 5.78 Å². The molecule has 8 heteroatoms. The largest absolute Gasteiger partial charge is 0.336 e. The molecule has 0 spiro atoms. The second-order valence-corrected chi connectivity index (χ2v) is 7.14. The van der Waals surface area contributed by atoms with Crippen molar-refractivity contribution in [2.45, 2.75) is 12.8 Å². The van der Waals surface area contributed by atoms with Crippen molar-refractivity contribution in [3.05, 3.63) is 90.9 Å². The summed E-state index contributed by atoms with van der Waals surface area (Å²) >= 11 is 0. The van der Waals surface area contributed by atoms with Crippen molar-refractivity contribution in [1.29, 1.82) is 0 Å². The molecule has 0 fully saturated rings. The molecule has 4 heterocycles. The lowest BCUT2D eigenvalue weighted by Crippen LogP contribution is -2.08. The van der Waals surface area contributed by atoms with Gasteiger partial charge in [-0.2, -0.15) is 5.10 Å². The highest BCUT2D eigenvalue weighted by Gasteiger charge is 2.12. The summed E-state index contributed by atoms with van der Waals surface area (Å²) < 4.78 is 1.95. The second kappa shape index (κ2) is 8.19. The molecular formula is C23H19N7O. The molecule has 8 nitrogen and oxygen atoms in total. The zero-order valence-corrected chi connectivity index (χ0v) is 16.6. The number of aromatic amines is 1. The predicted octanol–water partition coefficient (Wildman–Crippen LogP) is 3.61. The first kappa shape index (κ1) is 18.7. The van der Waals surface area contributed by atoms with E-state index in [4.69, 9.17) is 0 Å². The summed E-state index contributed by atoms with van der Waals surface area (Å²) in [6, 6.07) is 13.5. The van der Waals surface area contributed by atoms with E-state index in [2.05, 4.69) is 30.5 Å². The lowest BCUT2D eigenvalue weighted by Gasteiger charge is -2.10. The van der Waals surface area contributed by atoms with Crippen molar-refractivity contribution in [3.63, 3.8) is 0 Å². The Morgan fingerprint density at radius 2 is 1.87 bits per heavy atom. The highest BCUT2D eigenvalue weighted by atomic mass is 16.1. The fourth-order valence-electron chi connectivity index (χ4n) is 3.44. The van der Waals surface area contributed by atoms with E-state index in [1.54, 1.807) is 24.8 Å². The third-order valence-electron chi connectivity index (χ3n) is 4.93. The Bertz CT molecular complexity index is 1310. The number of nitrogens with zero attached hydrogens (tertiary/aromatic N) is 5. The Hall–Kier alpha value is -4.33. The Labute approximate surface area is 178 Å². The predicted molar refractivity (Wildman–Crippen MR) is 117 cm³/mol. The number of hydrogen-bond acceptors (Lipinski definition) is 6. The highest BCUT2D eigenvalue weighted by molar-refractivity contribution is 5.82. The first-order chi connectivity index (χ1) is 15.3. The minimum Gasteiger partial charge on any atom is -0.336 e. The Balaban J connectivity index is 1.30. The molecule has 31 heavy (non-hydrogen) atoms. The van der Waals surface area contributed by atoms with Crippen LogP contribution in [0.25, 0.3) is 16.9 Å². The number of aromatic nitrogens is 6. The fraction of sp³-hybridized carbons (Fsp3) is 0.0870. The molecule has 2 N–H and O–H groups in total. The molecule has 0 bridgehead atoms. The van der Waals surface area contributed by atoms with Crippen molar-refractivity contribution in [2.24, 2.45) is 0 Å². The number of pyridine rings is 1. The van der Waals surface area contributed by atoms with Crippen LogP contribution in [0.3, 0.4) is 0 Å². The van der Waals surface area contributed by atoms with Gasteiger partial charge in [-0.1, -0.05) is 30.3 Å². The van der Waals surface area contributed by atoms with Gasteiger partial charge < -0.3 is 5.32 Å². The normalized spacial score (nSPS) is 11.0. The molecule has 0 saturated carbocycles. The van der Waals surface area contributed by atoms with E-state index in [9.17, 15) is 4.79 Å². The van der Waals surface area contributed by atoms with Crippen LogP contribution in [0, 0.1) is 0 Å². The van der Waals surface area contributed by atoms with Crippen LogP contribution in [0.15, 0.2) is 79.6 Å². The van der Waals surface area contributed by atoms with Crippen molar-refractivity contribution >= 4 is 22.9 Å². The quantitative estimate of drug-likeness (QED) is 0.426. The summed E-state index contributed by atoms with van der Waals surface area (Å²) in [6.45, 7) is 0. The zero-order chi connectivity index (χ0) is 21.0. The number of benzene rings is 1. The number of ketones is 1. The monoisotopic (exact) mass is 409 g/mol. The average Bonchev–Trinajstić information content (AvgIpc) is 3.49. The molecule has 0 aliphatic rings. The smallest absolute Gasteiger partial charge is 0.180 e. The minimum atomic E-state index is 0.134. The molecule has 0 unspecified atom stereocenters. The van der Waals surface area contributed by atoms with Crippen LogP contribution in [0.1, 0.15) is 11.3 Å². The number of Topliss-reactive ketones (excluding diaryl/α,β-unsaturated/α-hetero) is 1. The minimum absolute atomic E-state index is 0.134. The summed E-state index contributed by atoms with van der Waals surface area (Å²) in [5.41, 5.74) is 5.03. The van der Waals surface area contributed by atoms with Crippen molar-refractivity contribution in [2.75, 3.05) is 5.32 Å². The van der Waals surface area contributed by atoms with Crippen LogP contribution in [0.4, 0.5) is 11.5 Å². The van der Waals surface area contributed by atoms with Crippen LogP contribution in [-0.4, -0.2) is 35.3 Å².